The SMILES string of the molecule is CCn1c(O)c(N=NC(=O)CCN2C(=O)NC(C)(C)C2=O)c2ccccc21. The fourth-order valence-corrected chi connectivity index (χ4v) is 3.07. The maximum atomic E-state index is 12.1. The maximum absolute atomic E-state index is 12.1. The van der Waals surface area contributed by atoms with Crippen LogP contribution in [0.3, 0.4) is 0 Å². The number of nitrogens with zero attached hydrogens (tertiary/aromatic N) is 4. The molecule has 0 spiro atoms. The zero-order valence-corrected chi connectivity index (χ0v) is 15.4. The first kappa shape index (κ1) is 18.6. The van der Waals surface area contributed by atoms with Crippen LogP contribution in [0.2, 0.25) is 0 Å². The van der Waals surface area contributed by atoms with E-state index in [0.29, 0.717) is 11.9 Å². The number of benzene rings is 1. The second-order valence-electron chi connectivity index (χ2n) is 6.79. The lowest BCUT2D eigenvalue weighted by Gasteiger charge is -2.14. The zero-order chi connectivity index (χ0) is 19.8. The first-order chi connectivity index (χ1) is 12.8. The number of fused-ring (bicyclic) bond motifs is 1. The lowest BCUT2D eigenvalue weighted by Crippen LogP contribution is -2.40. The molecule has 9 nitrogen and oxygen atoms in total. The predicted molar refractivity (Wildman–Crippen MR) is 97.7 cm³/mol. The molecule has 1 aromatic heterocycles. The summed E-state index contributed by atoms with van der Waals surface area (Å²) in [5, 5.41) is 21.1. The Hall–Kier alpha value is -3.23. The van der Waals surface area contributed by atoms with Gasteiger partial charge in [0, 0.05) is 24.9 Å². The second kappa shape index (κ2) is 6.82. The van der Waals surface area contributed by atoms with Crippen LogP contribution in [0.5, 0.6) is 5.88 Å². The van der Waals surface area contributed by atoms with E-state index in [2.05, 4.69) is 15.5 Å². The van der Waals surface area contributed by atoms with Gasteiger partial charge in [-0.25, -0.2) is 4.79 Å². The third-order valence-electron chi connectivity index (χ3n) is 4.49. The zero-order valence-electron chi connectivity index (χ0n) is 15.4. The van der Waals surface area contributed by atoms with Gasteiger partial charge in [0.15, 0.2) is 5.69 Å². The Balaban J connectivity index is 1.73. The minimum absolute atomic E-state index is 0.0638. The van der Waals surface area contributed by atoms with Crippen LogP contribution in [-0.2, 0) is 16.1 Å². The number of hydrogen-bond donors (Lipinski definition) is 2. The molecule has 0 radical (unpaired) electrons. The van der Waals surface area contributed by atoms with E-state index in [1.54, 1.807) is 24.5 Å². The molecule has 1 fully saturated rings. The van der Waals surface area contributed by atoms with E-state index < -0.39 is 17.5 Å². The molecule has 0 unspecified atom stereocenters. The molecule has 0 aliphatic carbocycles. The molecule has 2 heterocycles. The number of imide groups is 1. The van der Waals surface area contributed by atoms with Gasteiger partial charge in [0.2, 0.25) is 5.88 Å². The van der Waals surface area contributed by atoms with E-state index in [-0.39, 0.29) is 30.4 Å². The van der Waals surface area contributed by atoms with Crippen molar-refractivity contribution in [2.75, 3.05) is 6.54 Å². The second-order valence-corrected chi connectivity index (χ2v) is 6.79. The van der Waals surface area contributed by atoms with Crippen LogP contribution in [0.25, 0.3) is 10.9 Å². The van der Waals surface area contributed by atoms with Crippen LogP contribution in [-0.4, -0.2) is 44.5 Å². The first-order valence-corrected chi connectivity index (χ1v) is 8.65. The van der Waals surface area contributed by atoms with Gasteiger partial charge >= 0.3 is 6.03 Å². The summed E-state index contributed by atoms with van der Waals surface area (Å²) >= 11 is 0. The highest BCUT2D eigenvalue weighted by atomic mass is 16.3. The number of aromatic hydroxyl groups is 1. The number of para-hydroxylation sites is 1. The number of rotatable bonds is 5. The van der Waals surface area contributed by atoms with Gasteiger partial charge in [-0.05, 0) is 26.8 Å². The predicted octanol–water partition coefficient (Wildman–Crippen LogP) is 2.70. The van der Waals surface area contributed by atoms with E-state index >= 15 is 0 Å². The molecule has 1 aliphatic heterocycles. The molecule has 3 rings (SSSR count). The highest BCUT2D eigenvalue weighted by Gasteiger charge is 2.43. The molecule has 1 saturated heterocycles. The largest absolute Gasteiger partial charge is 0.493 e. The van der Waals surface area contributed by atoms with Gasteiger partial charge in [0.25, 0.3) is 11.8 Å². The Labute approximate surface area is 155 Å². The minimum atomic E-state index is -0.977. The standard InChI is InChI=1S/C18H21N5O4/c1-4-22-12-8-6-5-7-11(12)14(15(22)25)21-20-13(24)9-10-23-16(26)18(2,3)19-17(23)27/h5-8,25H,4,9-10H2,1-3H3,(H,19,27). The monoisotopic (exact) mass is 371 g/mol. The van der Waals surface area contributed by atoms with Crippen molar-refractivity contribution >= 4 is 34.4 Å². The summed E-state index contributed by atoms with van der Waals surface area (Å²) < 4.78 is 1.67. The van der Waals surface area contributed by atoms with Gasteiger partial charge in [-0.2, -0.15) is 0 Å². The van der Waals surface area contributed by atoms with Crippen LogP contribution in [0.4, 0.5) is 10.5 Å². The Morgan fingerprint density at radius 2 is 1.96 bits per heavy atom. The maximum Gasteiger partial charge on any atom is 0.325 e. The fraction of sp³-hybridized carbons (Fsp3) is 0.389. The summed E-state index contributed by atoms with van der Waals surface area (Å²) in [7, 11) is 0. The number of carbonyl (C=O) groups excluding carboxylic acids is 3. The van der Waals surface area contributed by atoms with Crippen LogP contribution < -0.4 is 5.32 Å². The van der Waals surface area contributed by atoms with Crippen LogP contribution >= 0.6 is 0 Å². The normalized spacial score (nSPS) is 16.5. The van der Waals surface area contributed by atoms with Gasteiger partial charge < -0.3 is 15.0 Å². The van der Waals surface area contributed by atoms with Gasteiger partial charge in [0.05, 0.1) is 5.52 Å². The minimum Gasteiger partial charge on any atom is -0.493 e. The van der Waals surface area contributed by atoms with Crippen molar-refractivity contribution in [2.24, 2.45) is 10.2 Å². The van der Waals surface area contributed by atoms with Crippen LogP contribution in [0, 0.1) is 0 Å². The summed E-state index contributed by atoms with van der Waals surface area (Å²) in [5.41, 5.74) is 0.0347. The molecular formula is C18H21N5O4. The molecule has 2 aromatic rings. The molecule has 0 saturated carbocycles. The first-order valence-electron chi connectivity index (χ1n) is 8.65. The summed E-state index contributed by atoms with van der Waals surface area (Å²) in [6.45, 7) is 5.55. The number of amides is 4. The van der Waals surface area contributed by atoms with Gasteiger partial charge in [-0.15, -0.1) is 10.2 Å². The summed E-state index contributed by atoms with van der Waals surface area (Å²) in [6.07, 6.45) is -0.147. The Bertz CT molecular complexity index is 960. The summed E-state index contributed by atoms with van der Waals surface area (Å²) in [6, 6.07) is 6.76. The fourth-order valence-electron chi connectivity index (χ4n) is 3.07. The van der Waals surface area contributed by atoms with Crippen molar-refractivity contribution in [3.63, 3.8) is 0 Å². The topological polar surface area (TPSA) is 116 Å². The smallest absolute Gasteiger partial charge is 0.325 e. The number of urea groups is 1. The van der Waals surface area contributed by atoms with Crippen LogP contribution in [0.1, 0.15) is 27.2 Å². The van der Waals surface area contributed by atoms with Crippen molar-refractivity contribution < 1.29 is 19.5 Å². The number of hydrogen-bond acceptors (Lipinski definition) is 5. The molecule has 27 heavy (non-hydrogen) atoms. The van der Waals surface area contributed by atoms with E-state index in [1.165, 1.54) is 0 Å². The van der Waals surface area contributed by atoms with Crippen LogP contribution in [0.15, 0.2) is 34.5 Å². The van der Waals surface area contributed by atoms with Crippen molar-refractivity contribution in [3.05, 3.63) is 24.3 Å². The average Bonchev–Trinajstić information content (AvgIpc) is 3.00. The quantitative estimate of drug-likeness (QED) is 0.621. The number of aryl methyl sites for hydroxylation is 1. The Morgan fingerprint density at radius 3 is 2.59 bits per heavy atom. The molecule has 0 bridgehead atoms. The van der Waals surface area contributed by atoms with E-state index in [9.17, 15) is 19.5 Å². The van der Waals surface area contributed by atoms with Gasteiger partial charge in [-0.3, -0.25) is 14.5 Å². The van der Waals surface area contributed by atoms with Crippen molar-refractivity contribution in [1.82, 2.24) is 14.8 Å². The van der Waals surface area contributed by atoms with Crippen molar-refractivity contribution in [3.8, 4) is 5.88 Å². The molecule has 9 heteroatoms. The molecule has 0 atom stereocenters. The number of nitrogens with one attached hydrogen (secondary N) is 1. The number of azo groups is 1. The lowest BCUT2D eigenvalue weighted by molar-refractivity contribution is -0.130. The third kappa shape index (κ3) is 3.27. The van der Waals surface area contributed by atoms with Gasteiger partial charge in [-0.1, -0.05) is 18.2 Å². The Morgan fingerprint density at radius 1 is 1.26 bits per heavy atom. The molecule has 142 valence electrons. The third-order valence-corrected chi connectivity index (χ3v) is 4.49. The number of carbonyl (C=O) groups is 3. The summed E-state index contributed by atoms with van der Waals surface area (Å²) in [5.74, 6) is -1.04. The van der Waals surface area contributed by atoms with Crippen molar-refractivity contribution in [2.45, 2.75) is 39.3 Å². The number of aromatic nitrogens is 1. The molecule has 2 N–H and O–H groups in total. The van der Waals surface area contributed by atoms with E-state index in [4.69, 9.17) is 0 Å². The highest BCUT2D eigenvalue weighted by molar-refractivity contribution is 6.06. The molecule has 1 aliphatic rings. The Kier molecular flexibility index (Phi) is 4.69. The van der Waals surface area contributed by atoms with Gasteiger partial charge in [0.1, 0.15) is 5.54 Å². The summed E-state index contributed by atoms with van der Waals surface area (Å²) in [4.78, 5) is 37.0. The van der Waals surface area contributed by atoms with E-state index in [1.807, 2.05) is 25.1 Å². The highest BCUT2D eigenvalue weighted by Crippen LogP contribution is 2.38. The molecule has 1 aromatic carbocycles. The lowest BCUT2D eigenvalue weighted by atomic mass is 10.1. The molecule has 4 amide bonds. The van der Waals surface area contributed by atoms with Crippen molar-refractivity contribution in [1.29, 1.82) is 0 Å². The molecular weight excluding hydrogens is 350 g/mol. The van der Waals surface area contributed by atoms with E-state index in [0.717, 1.165) is 10.4 Å². The average molecular weight is 371 g/mol.